The van der Waals surface area contributed by atoms with Crippen LogP contribution in [-0.4, -0.2) is 17.1 Å². The highest BCUT2D eigenvalue weighted by Gasteiger charge is 2.53. The number of ether oxygens (including phenoxy) is 2. The molecule has 0 radical (unpaired) electrons. The minimum absolute atomic E-state index is 0.00735. The molecule has 5 rings (SSSR count). The van der Waals surface area contributed by atoms with Crippen LogP contribution in [0.5, 0.6) is 5.75 Å². The van der Waals surface area contributed by atoms with Crippen molar-refractivity contribution >= 4 is 12.0 Å². The van der Waals surface area contributed by atoms with E-state index < -0.39 is 11.7 Å². The highest BCUT2D eigenvalue weighted by Crippen LogP contribution is 2.53. The fourth-order valence-corrected chi connectivity index (χ4v) is 6.33. The number of benzene rings is 1. The predicted molar refractivity (Wildman–Crippen MR) is 125 cm³/mol. The van der Waals surface area contributed by atoms with E-state index in [-0.39, 0.29) is 30.5 Å². The second-order valence-electron chi connectivity index (χ2n) is 10.1. The molecule has 5 unspecified atom stereocenters. The minimum atomic E-state index is -4.35. The Hall–Kier alpha value is -2.83. The molecule has 1 aromatic heterocycles. The molecule has 0 bridgehead atoms. The van der Waals surface area contributed by atoms with Gasteiger partial charge >= 0.3 is 12.1 Å². The van der Waals surface area contributed by atoms with Gasteiger partial charge in [-0.25, -0.2) is 0 Å². The molecule has 1 saturated heterocycles. The Morgan fingerprint density at radius 3 is 2.60 bits per heavy atom. The number of fused-ring (bicyclic) bond motifs is 2. The summed E-state index contributed by atoms with van der Waals surface area (Å²) in [5, 5.41) is 0. The summed E-state index contributed by atoms with van der Waals surface area (Å²) in [5.41, 5.74) is 0.781. The number of pyridine rings is 1. The van der Waals surface area contributed by atoms with E-state index in [9.17, 15) is 18.0 Å². The van der Waals surface area contributed by atoms with E-state index in [0.29, 0.717) is 29.1 Å². The number of halogens is 3. The van der Waals surface area contributed by atoms with Crippen molar-refractivity contribution in [1.29, 1.82) is 0 Å². The SMILES string of the molecule is C[C@@H]1OC(=O)C2CC3CCCCC3C(C=Cc3ccc(OCc4ccc(C(F)(F)F)cc4)cn3)C21. The Bertz CT molecular complexity index is 1060. The van der Waals surface area contributed by atoms with Gasteiger partial charge in [0.2, 0.25) is 0 Å². The van der Waals surface area contributed by atoms with Crippen molar-refractivity contribution in [3.05, 3.63) is 65.5 Å². The molecule has 186 valence electrons. The van der Waals surface area contributed by atoms with Gasteiger partial charge in [-0.2, -0.15) is 13.2 Å². The van der Waals surface area contributed by atoms with Crippen LogP contribution >= 0.6 is 0 Å². The summed E-state index contributed by atoms with van der Waals surface area (Å²) in [6.07, 6.45) is 7.35. The van der Waals surface area contributed by atoms with E-state index in [2.05, 4.69) is 11.1 Å². The molecule has 0 spiro atoms. The van der Waals surface area contributed by atoms with E-state index in [0.717, 1.165) is 24.2 Å². The maximum absolute atomic E-state index is 12.7. The van der Waals surface area contributed by atoms with Crippen molar-refractivity contribution in [2.75, 3.05) is 0 Å². The van der Waals surface area contributed by atoms with Gasteiger partial charge in [0.25, 0.3) is 0 Å². The monoisotopic (exact) mass is 485 g/mol. The molecule has 35 heavy (non-hydrogen) atoms. The molecular weight excluding hydrogens is 455 g/mol. The average molecular weight is 486 g/mol. The van der Waals surface area contributed by atoms with Gasteiger partial charge in [-0.3, -0.25) is 9.78 Å². The third-order valence-corrected chi connectivity index (χ3v) is 8.01. The van der Waals surface area contributed by atoms with Gasteiger partial charge in [0.15, 0.2) is 0 Å². The van der Waals surface area contributed by atoms with Gasteiger partial charge < -0.3 is 9.47 Å². The summed E-state index contributed by atoms with van der Waals surface area (Å²) in [4.78, 5) is 16.9. The standard InChI is InChI=1S/C28H30F3NO3/c1-17-26-24(23-5-3-2-4-19(23)14-25(26)27(33)35-17)13-11-21-10-12-22(15-32-21)34-16-18-6-8-20(9-7-18)28(29,30)31/h6-13,15,17,19,23-26H,2-5,14,16H2,1H3/t17-,19?,23?,24?,25?,26?/m0/s1. The summed E-state index contributed by atoms with van der Waals surface area (Å²) in [7, 11) is 0. The van der Waals surface area contributed by atoms with Crippen LogP contribution in [0, 0.1) is 29.6 Å². The zero-order valence-electron chi connectivity index (χ0n) is 19.7. The fourth-order valence-electron chi connectivity index (χ4n) is 6.33. The fraction of sp³-hybridized carbons (Fsp3) is 0.500. The zero-order chi connectivity index (χ0) is 24.6. The maximum Gasteiger partial charge on any atom is 0.416 e. The number of allylic oxidation sites excluding steroid dienone is 1. The van der Waals surface area contributed by atoms with Gasteiger partial charge in [0.1, 0.15) is 18.5 Å². The van der Waals surface area contributed by atoms with Gasteiger partial charge in [-0.1, -0.05) is 37.5 Å². The van der Waals surface area contributed by atoms with Gasteiger partial charge in [0.05, 0.1) is 23.4 Å². The number of carbonyl (C=O) groups is 1. The summed E-state index contributed by atoms with van der Waals surface area (Å²) in [6.45, 7) is 2.18. The summed E-state index contributed by atoms with van der Waals surface area (Å²) in [6, 6.07) is 8.64. The molecule has 0 amide bonds. The Morgan fingerprint density at radius 1 is 1.11 bits per heavy atom. The van der Waals surface area contributed by atoms with Crippen LogP contribution in [-0.2, 0) is 22.3 Å². The molecule has 3 fully saturated rings. The van der Waals surface area contributed by atoms with Crippen molar-refractivity contribution in [1.82, 2.24) is 4.98 Å². The second kappa shape index (κ2) is 9.67. The Labute approximate surface area is 203 Å². The molecule has 2 aliphatic carbocycles. The van der Waals surface area contributed by atoms with Crippen molar-refractivity contribution in [3.8, 4) is 5.75 Å². The van der Waals surface area contributed by atoms with Gasteiger partial charge in [-0.05, 0) is 73.4 Å². The van der Waals surface area contributed by atoms with E-state index in [4.69, 9.17) is 9.47 Å². The number of hydrogen-bond acceptors (Lipinski definition) is 4. The van der Waals surface area contributed by atoms with Crippen LogP contribution in [0.4, 0.5) is 13.2 Å². The number of hydrogen-bond donors (Lipinski definition) is 0. The Balaban J connectivity index is 1.24. The summed E-state index contributed by atoms with van der Waals surface area (Å²) in [5.74, 6) is 2.24. The number of esters is 1. The number of rotatable bonds is 5. The highest BCUT2D eigenvalue weighted by atomic mass is 19.4. The molecule has 7 heteroatoms. The van der Waals surface area contributed by atoms with E-state index in [1.807, 2.05) is 25.1 Å². The lowest BCUT2D eigenvalue weighted by Crippen LogP contribution is -2.42. The minimum Gasteiger partial charge on any atom is -0.487 e. The lowest BCUT2D eigenvalue weighted by atomic mass is 9.57. The van der Waals surface area contributed by atoms with Crippen molar-refractivity contribution in [2.24, 2.45) is 29.6 Å². The van der Waals surface area contributed by atoms with Crippen LogP contribution < -0.4 is 4.74 Å². The molecule has 2 heterocycles. The largest absolute Gasteiger partial charge is 0.487 e. The average Bonchev–Trinajstić information content (AvgIpc) is 3.13. The van der Waals surface area contributed by atoms with E-state index in [1.165, 1.54) is 37.8 Å². The van der Waals surface area contributed by atoms with Crippen LogP contribution in [0.3, 0.4) is 0 Å². The molecule has 2 saturated carbocycles. The molecular formula is C28H30F3NO3. The predicted octanol–water partition coefficient (Wildman–Crippen LogP) is 6.70. The Morgan fingerprint density at radius 2 is 1.89 bits per heavy atom. The number of cyclic esters (lactones) is 1. The van der Waals surface area contributed by atoms with Gasteiger partial charge in [-0.15, -0.1) is 0 Å². The molecule has 4 nitrogen and oxygen atoms in total. The van der Waals surface area contributed by atoms with Crippen LogP contribution in [0.2, 0.25) is 0 Å². The highest BCUT2D eigenvalue weighted by molar-refractivity contribution is 5.75. The first kappa shape index (κ1) is 23.9. The van der Waals surface area contributed by atoms with Gasteiger partial charge in [0, 0.05) is 5.92 Å². The quantitative estimate of drug-likeness (QED) is 0.443. The first-order valence-electron chi connectivity index (χ1n) is 12.4. The normalized spacial score (nSPS) is 30.6. The first-order chi connectivity index (χ1) is 16.8. The lowest BCUT2D eigenvalue weighted by molar-refractivity contribution is -0.144. The van der Waals surface area contributed by atoms with E-state index in [1.54, 1.807) is 6.20 Å². The van der Waals surface area contributed by atoms with E-state index >= 15 is 0 Å². The van der Waals surface area contributed by atoms with Crippen molar-refractivity contribution in [3.63, 3.8) is 0 Å². The molecule has 1 aliphatic heterocycles. The number of aromatic nitrogens is 1. The van der Waals surface area contributed by atoms with Crippen molar-refractivity contribution in [2.45, 2.75) is 57.9 Å². The third-order valence-electron chi connectivity index (χ3n) is 8.01. The van der Waals surface area contributed by atoms with Crippen molar-refractivity contribution < 1.29 is 27.4 Å². The summed E-state index contributed by atoms with van der Waals surface area (Å²) < 4.78 is 49.5. The second-order valence-corrected chi connectivity index (χ2v) is 10.1. The third kappa shape index (κ3) is 5.09. The molecule has 3 aliphatic rings. The first-order valence-corrected chi connectivity index (χ1v) is 12.4. The lowest BCUT2D eigenvalue weighted by Gasteiger charge is -2.45. The molecule has 2 aromatic rings. The van der Waals surface area contributed by atoms with Crippen LogP contribution in [0.25, 0.3) is 6.08 Å². The van der Waals surface area contributed by atoms with Crippen LogP contribution in [0.15, 0.2) is 48.7 Å². The zero-order valence-corrected chi connectivity index (χ0v) is 19.7. The Kier molecular flexibility index (Phi) is 6.60. The topological polar surface area (TPSA) is 48.4 Å². The maximum atomic E-state index is 12.7. The smallest absolute Gasteiger partial charge is 0.416 e. The molecule has 1 aromatic carbocycles. The molecule has 6 atom stereocenters. The molecule has 0 N–H and O–H groups in total. The number of carbonyl (C=O) groups excluding carboxylic acids is 1. The number of nitrogens with zero attached hydrogens (tertiary/aromatic N) is 1. The van der Waals surface area contributed by atoms with Crippen LogP contribution in [0.1, 0.15) is 55.8 Å². The number of alkyl halides is 3. The summed E-state index contributed by atoms with van der Waals surface area (Å²) >= 11 is 0.